The first kappa shape index (κ1) is 24.5. The first-order chi connectivity index (χ1) is 17.2. The van der Waals surface area contributed by atoms with Crippen LogP contribution in [0.25, 0.3) is 22.8 Å². The van der Waals surface area contributed by atoms with E-state index in [0.29, 0.717) is 34.1 Å². The molecule has 2 aromatic heterocycles. The van der Waals surface area contributed by atoms with Gasteiger partial charge in [-0.2, -0.15) is 0 Å². The monoisotopic (exact) mass is 486 g/mol. The number of aromatic nitrogens is 3. The van der Waals surface area contributed by atoms with E-state index in [4.69, 9.17) is 9.72 Å². The number of aryl methyl sites for hydroxylation is 3. The maximum Gasteiger partial charge on any atom is 0.345 e. The number of hydrogen-bond donors (Lipinski definition) is 4. The smallest absolute Gasteiger partial charge is 0.345 e. The summed E-state index contributed by atoms with van der Waals surface area (Å²) in [6.45, 7) is 5.69. The van der Waals surface area contributed by atoms with Crippen molar-refractivity contribution in [2.75, 3.05) is 19.5 Å². The molecular weight excluding hydrogens is 458 g/mol. The van der Waals surface area contributed by atoms with Crippen LogP contribution in [0.1, 0.15) is 37.7 Å². The Morgan fingerprint density at radius 2 is 1.69 bits per heavy atom. The number of amides is 2. The van der Waals surface area contributed by atoms with Crippen LogP contribution in [0, 0.1) is 20.8 Å². The highest BCUT2D eigenvalue weighted by Gasteiger charge is 2.31. The quantitative estimate of drug-likeness (QED) is 0.244. The predicted molar refractivity (Wildman–Crippen MR) is 135 cm³/mol. The summed E-state index contributed by atoms with van der Waals surface area (Å²) in [5.74, 6) is 0.0218. The Bertz CT molecular complexity index is 1460. The van der Waals surface area contributed by atoms with Gasteiger partial charge in [0.15, 0.2) is 11.4 Å². The summed E-state index contributed by atoms with van der Waals surface area (Å²) in [4.78, 5) is 32.9. The summed E-state index contributed by atoms with van der Waals surface area (Å²) in [5.41, 5.74) is 5.36. The molecule has 0 fully saturated rings. The summed E-state index contributed by atoms with van der Waals surface area (Å²) >= 11 is 0. The molecule has 0 atom stereocenters. The minimum Gasteiger partial charge on any atom is -0.494 e. The molecule has 0 aliphatic rings. The van der Waals surface area contributed by atoms with Gasteiger partial charge in [-0.05, 0) is 60.0 Å². The molecule has 2 aromatic carbocycles. The van der Waals surface area contributed by atoms with Crippen LogP contribution in [-0.2, 0) is 0 Å². The summed E-state index contributed by atoms with van der Waals surface area (Å²) in [5, 5.41) is 16.3. The molecule has 184 valence electrons. The highest BCUT2D eigenvalue weighted by molar-refractivity contribution is 6.03. The van der Waals surface area contributed by atoms with E-state index in [1.54, 1.807) is 50.4 Å². The Morgan fingerprint density at radius 1 is 1.00 bits per heavy atom. The van der Waals surface area contributed by atoms with E-state index >= 15 is 0 Å². The molecule has 2 heterocycles. The second-order valence-electron chi connectivity index (χ2n) is 8.39. The molecule has 0 saturated heterocycles. The molecule has 0 unspecified atom stereocenters. The van der Waals surface area contributed by atoms with E-state index in [9.17, 15) is 14.8 Å². The fourth-order valence-electron chi connectivity index (χ4n) is 4.18. The topological polar surface area (TPSA) is 120 Å². The van der Waals surface area contributed by atoms with Crippen molar-refractivity contribution >= 4 is 17.5 Å². The average Bonchev–Trinajstić information content (AvgIpc) is 3.17. The van der Waals surface area contributed by atoms with E-state index in [1.807, 2.05) is 32.0 Å². The Balaban J connectivity index is 1.73. The summed E-state index contributed by atoms with van der Waals surface area (Å²) in [7, 11) is 3.12. The Labute approximate surface area is 208 Å². The van der Waals surface area contributed by atoms with Crippen molar-refractivity contribution < 1.29 is 24.3 Å². The number of methoxy groups -OCH3 is 1. The van der Waals surface area contributed by atoms with Crippen molar-refractivity contribution in [1.82, 2.24) is 15.3 Å². The van der Waals surface area contributed by atoms with Gasteiger partial charge < -0.3 is 20.6 Å². The third-order valence-corrected chi connectivity index (χ3v) is 5.95. The van der Waals surface area contributed by atoms with Gasteiger partial charge in [0, 0.05) is 30.8 Å². The Hall–Kier alpha value is -4.66. The third-order valence-electron chi connectivity index (χ3n) is 5.95. The van der Waals surface area contributed by atoms with E-state index in [1.165, 1.54) is 7.05 Å². The molecule has 36 heavy (non-hydrogen) atoms. The molecule has 4 rings (SSSR count). The number of anilines is 1. The molecule has 0 aliphatic carbocycles. The van der Waals surface area contributed by atoms with Gasteiger partial charge in [-0.15, -0.1) is 0 Å². The minimum atomic E-state index is -0.546. The van der Waals surface area contributed by atoms with Crippen molar-refractivity contribution in [2.45, 2.75) is 20.8 Å². The van der Waals surface area contributed by atoms with Crippen LogP contribution in [0.2, 0.25) is 0 Å². The molecule has 0 radical (unpaired) electrons. The number of H-pyrrole nitrogens is 1. The maximum atomic E-state index is 13.1. The first-order valence-electron chi connectivity index (χ1n) is 11.3. The van der Waals surface area contributed by atoms with Crippen LogP contribution in [0.4, 0.5) is 5.69 Å². The first-order valence-corrected chi connectivity index (χ1v) is 11.3. The normalized spacial score (nSPS) is 10.7. The van der Waals surface area contributed by atoms with E-state index in [0.717, 1.165) is 21.4 Å². The van der Waals surface area contributed by atoms with Gasteiger partial charge in [-0.1, -0.05) is 24.3 Å². The van der Waals surface area contributed by atoms with Crippen LogP contribution in [0.5, 0.6) is 5.75 Å². The molecule has 0 bridgehead atoms. The van der Waals surface area contributed by atoms with Crippen molar-refractivity contribution in [1.29, 1.82) is 0 Å². The second-order valence-corrected chi connectivity index (χ2v) is 8.39. The molecule has 2 amide bonds. The fourth-order valence-corrected chi connectivity index (χ4v) is 4.18. The number of benzene rings is 2. The van der Waals surface area contributed by atoms with Crippen LogP contribution >= 0.6 is 0 Å². The molecular formula is C27H28N5O4+. The van der Waals surface area contributed by atoms with E-state index in [2.05, 4.69) is 15.6 Å². The number of aromatic amines is 1. The van der Waals surface area contributed by atoms with Crippen molar-refractivity contribution in [3.05, 3.63) is 82.7 Å². The van der Waals surface area contributed by atoms with Crippen molar-refractivity contribution in [3.8, 4) is 28.5 Å². The average molecular weight is 487 g/mol. The maximum absolute atomic E-state index is 13.1. The fraction of sp³-hybridized carbons (Fsp3) is 0.185. The highest BCUT2D eigenvalue weighted by atomic mass is 16.5. The zero-order valence-corrected chi connectivity index (χ0v) is 20.8. The number of hydrogen-bond acceptors (Lipinski definition) is 5. The summed E-state index contributed by atoms with van der Waals surface area (Å²) in [6, 6.07) is 16.0. The molecule has 9 nitrogen and oxygen atoms in total. The lowest BCUT2D eigenvalue weighted by Crippen LogP contribution is -2.39. The number of ether oxygens (including phenoxy) is 1. The minimum absolute atomic E-state index is 0.0154. The number of nitrogens with one attached hydrogen (secondary N) is 3. The van der Waals surface area contributed by atoms with Gasteiger partial charge in [0.25, 0.3) is 11.6 Å². The van der Waals surface area contributed by atoms with Gasteiger partial charge >= 0.3 is 11.7 Å². The van der Waals surface area contributed by atoms with Crippen molar-refractivity contribution in [3.63, 3.8) is 0 Å². The molecule has 4 N–H and O–H groups in total. The van der Waals surface area contributed by atoms with Gasteiger partial charge in [-0.3, -0.25) is 9.59 Å². The van der Waals surface area contributed by atoms with Crippen LogP contribution < -0.4 is 20.1 Å². The summed E-state index contributed by atoms with van der Waals surface area (Å²) < 4.78 is 6.35. The van der Waals surface area contributed by atoms with E-state index < -0.39 is 5.91 Å². The van der Waals surface area contributed by atoms with Crippen molar-refractivity contribution in [2.24, 2.45) is 0 Å². The number of pyridine rings is 1. The molecule has 9 heteroatoms. The largest absolute Gasteiger partial charge is 0.494 e. The van der Waals surface area contributed by atoms with Gasteiger partial charge in [-0.25, -0.2) is 9.97 Å². The van der Waals surface area contributed by atoms with Gasteiger partial charge in [0.2, 0.25) is 0 Å². The number of imidazole rings is 1. The lowest BCUT2D eigenvalue weighted by atomic mass is 9.99. The SMILES string of the molecule is CNC(=O)c1cccc(NC(=O)c2c(C)[nH]c(-c3ccc(OC)c(-c4c(C)cccc4C)n3)[n+]2O)c1. The van der Waals surface area contributed by atoms with Gasteiger partial charge in [0.05, 0.1) is 7.11 Å². The Kier molecular flexibility index (Phi) is 6.73. The third kappa shape index (κ3) is 4.50. The van der Waals surface area contributed by atoms with Crippen LogP contribution in [0.3, 0.4) is 0 Å². The standard InChI is InChI=1S/C27H27N5O4/c1-15-8-6-9-16(2)22(15)23-21(36-5)13-12-20(31-23)25-29-17(3)24(32(25)35)27(34)30-19-11-7-10-18(14-19)26(33)28-4/h6-14,35H,1-5H3,(H2,28,30,33,34)/p+1. The zero-order chi connectivity index (χ0) is 26.0. The number of nitrogens with zero attached hydrogens (tertiary/aromatic N) is 2. The number of carbonyl (C=O) groups is 2. The molecule has 0 saturated carbocycles. The van der Waals surface area contributed by atoms with E-state index in [-0.39, 0.29) is 17.4 Å². The number of carbonyl (C=O) groups excluding carboxylic acids is 2. The highest BCUT2D eigenvalue weighted by Crippen LogP contribution is 2.34. The van der Waals surface area contributed by atoms with Crippen LogP contribution in [-0.4, -0.2) is 41.1 Å². The Morgan fingerprint density at radius 3 is 2.36 bits per heavy atom. The molecule has 4 aromatic rings. The van der Waals surface area contributed by atoms with Crippen LogP contribution in [0.15, 0.2) is 54.6 Å². The second kappa shape index (κ2) is 9.91. The zero-order valence-electron chi connectivity index (χ0n) is 20.8. The predicted octanol–water partition coefficient (Wildman–Crippen LogP) is 3.81. The summed E-state index contributed by atoms with van der Waals surface area (Å²) in [6.07, 6.45) is 0. The molecule has 0 spiro atoms. The molecule has 0 aliphatic heterocycles. The lowest BCUT2D eigenvalue weighted by Gasteiger charge is -2.13. The lowest BCUT2D eigenvalue weighted by molar-refractivity contribution is -0.896. The van der Waals surface area contributed by atoms with Gasteiger partial charge in [0.1, 0.15) is 11.4 Å². The number of rotatable bonds is 6.